The van der Waals surface area contributed by atoms with Crippen molar-refractivity contribution in [1.82, 2.24) is 28.8 Å². The number of methoxy groups -OCH3 is 1. The van der Waals surface area contributed by atoms with Crippen LogP contribution in [0.3, 0.4) is 0 Å². The molecule has 5 aromatic rings. The Morgan fingerprint density at radius 2 is 1.93 bits per heavy atom. The van der Waals surface area contributed by atoms with Gasteiger partial charge in [-0.2, -0.15) is 5.10 Å². The average molecular weight is 564 g/mol. The Bertz CT molecular complexity index is 1860. The van der Waals surface area contributed by atoms with Crippen molar-refractivity contribution in [3.8, 4) is 17.3 Å². The molecular formula is C33H37N7O2. The molecule has 2 bridgehead atoms. The van der Waals surface area contributed by atoms with Crippen molar-refractivity contribution >= 4 is 27.8 Å². The van der Waals surface area contributed by atoms with Gasteiger partial charge in [-0.15, -0.1) is 0 Å². The Morgan fingerprint density at radius 1 is 1.10 bits per heavy atom. The van der Waals surface area contributed by atoms with Crippen molar-refractivity contribution in [3.63, 3.8) is 0 Å². The lowest BCUT2D eigenvalue weighted by Gasteiger charge is -2.27. The highest BCUT2D eigenvalue weighted by atomic mass is 16.5. The molecule has 9 heteroatoms. The van der Waals surface area contributed by atoms with Gasteiger partial charge in [-0.1, -0.05) is 18.2 Å². The van der Waals surface area contributed by atoms with Crippen molar-refractivity contribution in [2.75, 3.05) is 13.7 Å². The summed E-state index contributed by atoms with van der Waals surface area (Å²) in [4.78, 5) is 21.1. The summed E-state index contributed by atoms with van der Waals surface area (Å²) in [7, 11) is 3.64. The second kappa shape index (κ2) is 9.46. The van der Waals surface area contributed by atoms with E-state index in [-0.39, 0.29) is 18.0 Å². The van der Waals surface area contributed by atoms with Crippen LogP contribution >= 0.6 is 0 Å². The van der Waals surface area contributed by atoms with Crippen LogP contribution in [0.15, 0.2) is 48.7 Å². The highest BCUT2D eigenvalue weighted by Crippen LogP contribution is 2.41. The van der Waals surface area contributed by atoms with Crippen LogP contribution in [-0.2, 0) is 20.1 Å². The topological polar surface area (TPSA) is 96.1 Å². The van der Waals surface area contributed by atoms with Gasteiger partial charge in [-0.05, 0) is 68.7 Å². The van der Waals surface area contributed by atoms with Crippen LogP contribution in [0, 0.1) is 18.8 Å². The van der Waals surface area contributed by atoms with Crippen LogP contribution in [-0.4, -0.2) is 60.4 Å². The smallest absolute Gasteiger partial charge is 0.254 e. The zero-order valence-electron chi connectivity index (χ0n) is 24.5. The lowest BCUT2D eigenvalue weighted by atomic mass is 10.1. The van der Waals surface area contributed by atoms with Crippen molar-refractivity contribution < 1.29 is 9.53 Å². The third-order valence-corrected chi connectivity index (χ3v) is 10.0. The van der Waals surface area contributed by atoms with Gasteiger partial charge in [0.15, 0.2) is 5.82 Å². The fourth-order valence-electron chi connectivity index (χ4n) is 7.33. The maximum atomic E-state index is 13.9. The summed E-state index contributed by atoms with van der Waals surface area (Å²) in [6.45, 7) is 4.38. The number of para-hydroxylation sites is 1. The van der Waals surface area contributed by atoms with Crippen molar-refractivity contribution in [3.05, 3.63) is 65.5 Å². The first kappa shape index (κ1) is 25.6. The summed E-state index contributed by atoms with van der Waals surface area (Å²) in [5.41, 5.74) is 13.2. The van der Waals surface area contributed by atoms with E-state index in [0.29, 0.717) is 29.7 Å². The van der Waals surface area contributed by atoms with Crippen LogP contribution in [0.1, 0.15) is 47.3 Å². The number of aryl methyl sites for hydroxylation is 1. The number of nitrogens with zero attached hydrogens (tertiary/aromatic N) is 6. The summed E-state index contributed by atoms with van der Waals surface area (Å²) in [5.74, 6) is 2.62. The predicted molar refractivity (Wildman–Crippen MR) is 163 cm³/mol. The summed E-state index contributed by atoms with van der Waals surface area (Å²) >= 11 is 0. The molecule has 2 N–H and O–H groups in total. The number of rotatable bonds is 7. The second-order valence-corrected chi connectivity index (χ2v) is 12.5. The van der Waals surface area contributed by atoms with Gasteiger partial charge < -0.3 is 24.5 Å². The van der Waals surface area contributed by atoms with Gasteiger partial charge in [0.1, 0.15) is 11.3 Å². The number of carbonyl (C=O) groups is 1. The minimum Gasteiger partial charge on any atom is -0.494 e. The number of nitrogens with two attached hydrogens (primary N) is 1. The summed E-state index contributed by atoms with van der Waals surface area (Å²) in [5, 5.41) is 5.72. The maximum Gasteiger partial charge on any atom is 0.254 e. The van der Waals surface area contributed by atoms with E-state index in [9.17, 15) is 4.79 Å². The zero-order chi connectivity index (χ0) is 28.7. The fraction of sp³-hybridized carbons (Fsp3) is 0.424. The number of aromatic nitrogens is 5. The number of benzene rings is 2. The molecule has 0 radical (unpaired) electrons. The molecule has 42 heavy (non-hydrogen) atoms. The first-order chi connectivity index (χ1) is 20.4. The lowest BCUT2D eigenvalue weighted by molar-refractivity contribution is 0.0700. The van der Waals surface area contributed by atoms with Crippen LogP contribution in [0.2, 0.25) is 0 Å². The third kappa shape index (κ3) is 3.90. The number of hydrogen-bond acceptors (Lipinski definition) is 5. The molecular weight excluding hydrogens is 526 g/mol. The highest BCUT2D eigenvalue weighted by molar-refractivity contribution is 6.00. The van der Waals surface area contributed by atoms with Gasteiger partial charge in [0.25, 0.3) is 5.91 Å². The first-order valence-electron chi connectivity index (χ1n) is 15.1. The van der Waals surface area contributed by atoms with Gasteiger partial charge in [0.2, 0.25) is 0 Å². The first-order valence-corrected chi connectivity index (χ1v) is 15.1. The maximum absolute atomic E-state index is 13.9. The molecule has 9 nitrogen and oxygen atoms in total. The molecule has 8 rings (SSSR count). The van der Waals surface area contributed by atoms with Crippen molar-refractivity contribution in [2.45, 2.75) is 57.8 Å². The highest BCUT2D eigenvalue weighted by Gasteiger charge is 2.47. The summed E-state index contributed by atoms with van der Waals surface area (Å²) in [6.07, 6.45) is 6.54. The average Bonchev–Trinajstić information content (AvgIpc) is 3.20. The monoisotopic (exact) mass is 563 g/mol. The molecule has 1 amide bonds. The number of piperidine rings is 1. The second-order valence-electron chi connectivity index (χ2n) is 12.5. The fourth-order valence-corrected chi connectivity index (χ4v) is 7.33. The number of ether oxygens (including phenoxy) is 1. The van der Waals surface area contributed by atoms with Crippen molar-refractivity contribution in [1.29, 1.82) is 0 Å². The van der Waals surface area contributed by atoms with Gasteiger partial charge >= 0.3 is 0 Å². The van der Waals surface area contributed by atoms with Gasteiger partial charge in [0, 0.05) is 59.9 Å². The number of fused-ring (bicyclic) bond motifs is 4. The molecule has 1 saturated heterocycles. The molecule has 3 atom stereocenters. The molecule has 4 heterocycles. The van der Waals surface area contributed by atoms with E-state index in [4.69, 9.17) is 15.5 Å². The Hall–Kier alpha value is -4.11. The number of likely N-dealkylation sites (tertiary alicyclic amines) is 1. The Kier molecular flexibility index (Phi) is 5.76. The minimum atomic E-state index is 0.0138. The predicted octanol–water partition coefficient (Wildman–Crippen LogP) is 4.73. The molecule has 2 aromatic carbocycles. The quantitative estimate of drug-likeness (QED) is 0.309. The van der Waals surface area contributed by atoms with Gasteiger partial charge in [-0.3, -0.25) is 9.48 Å². The molecule has 2 saturated carbocycles. The number of imidazole rings is 1. The van der Waals surface area contributed by atoms with E-state index in [0.717, 1.165) is 59.7 Å². The third-order valence-electron chi connectivity index (χ3n) is 10.0. The van der Waals surface area contributed by atoms with Crippen molar-refractivity contribution in [2.24, 2.45) is 24.6 Å². The van der Waals surface area contributed by atoms with E-state index in [2.05, 4.69) is 51.5 Å². The zero-order valence-corrected chi connectivity index (χ0v) is 24.5. The number of carbonyl (C=O) groups excluding carboxylic acids is 1. The van der Waals surface area contributed by atoms with Gasteiger partial charge in [-0.25, -0.2) is 4.98 Å². The standard InChI is InChI=1S/C33H37N7O2/c1-19-24(15-35-37(19)2)18-40-31-25(12-23(14-29(31)42-3)33(41)39-17-22-10-11-27(39)30(22)34)36-32(40)28-13-21-6-4-5-7-26(21)38(28)16-20-8-9-20/h4-7,12-15,20,22,27,30H,8-11,16-18,34H2,1-3H3/t22?,27?,30-/m1/s1. The molecule has 3 aliphatic rings. The van der Waals surface area contributed by atoms with E-state index in [1.807, 2.05) is 35.0 Å². The van der Waals surface area contributed by atoms with E-state index in [1.165, 1.54) is 23.7 Å². The van der Waals surface area contributed by atoms with E-state index < -0.39 is 0 Å². The van der Waals surface area contributed by atoms with Crippen LogP contribution < -0.4 is 10.5 Å². The Labute approximate surface area is 244 Å². The lowest BCUT2D eigenvalue weighted by Crippen LogP contribution is -2.41. The Morgan fingerprint density at radius 3 is 2.62 bits per heavy atom. The molecule has 3 fully saturated rings. The van der Waals surface area contributed by atoms with Gasteiger partial charge in [0.05, 0.1) is 31.1 Å². The SMILES string of the molecule is COc1cc(C(=O)N2CC3CCC2[C@@H]3N)cc2nc(-c3cc4ccccc4n3CC3CC3)n(Cc3cnn(C)c3C)c12. The Balaban J connectivity index is 1.32. The molecule has 1 aliphatic heterocycles. The summed E-state index contributed by atoms with van der Waals surface area (Å²) < 4.78 is 12.6. The normalized spacial score (nSPS) is 21.7. The molecule has 216 valence electrons. The van der Waals surface area contributed by atoms with Crippen LogP contribution in [0.4, 0.5) is 0 Å². The minimum absolute atomic E-state index is 0.0138. The largest absolute Gasteiger partial charge is 0.494 e. The molecule has 2 unspecified atom stereocenters. The van der Waals surface area contributed by atoms with Crippen LogP contribution in [0.25, 0.3) is 33.5 Å². The summed E-state index contributed by atoms with van der Waals surface area (Å²) in [6, 6.07) is 14.8. The molecule has 3 aromatic heterocycles. The molecule has 2 aliphatic carbocycles. The van der Waals surface area contributed by atoms with E-state index >= 15 is 0 Å². The number of amides is 1. The number of hydrogen-bond donors (Lipinski definition) is 1. The van der Waals surface area contributed by atoms with Crippen LogP contribution in [0.5, 0.6) is 5.75 Å². The van der Waals surface area contributed by atoms with E-state index in [1.54, 1.807) is 7.11 Å². The molecule has 0 spiro atoms.